The Morgan fingerprint density at radius 1 is 1.57 bits per heavy atom. The van der Waals surface area contributed by atoms with Crippen molar-refractivity contribution in [2.24, 2.45) is 0 Å². The van der Waals surface area contributed by atoms with Gasteiger partial charge in [-0.15, -0.1) is 12.4 Å². The Kier molecular flexibility index (Phi) is 2.76. The molecule has 1 rings (SSSR count). The molecule has 0 atom stereocenters. The first kappa shape index (κ1) is 6.76. The fraction of sp³-hybridized carbons (Fsp3) is 0.750. The predicted octanol–water partition coefficient (Wildman–Crippen LogP) is 0.745. The average Bonchev–Trinajstić information content (AvgIpc) is 1.86. The Morgan fingerprint density at radius 3 is 2.43 bits per heavy atom. The molecule has 1 aliphatic heterocycles. The van der Waals surface area contributed by atoms with Crippen molar-refractivity contribution < 1.29 is 9.53 Å². The highest BCUT2D eigenvalue weighted by atomic mass is 35.5. The van der Waals surface area contributed by atoms with E-state index in [1.54, 1.807) is 0 Å². The fourth-order valence-electron chi connectivity index (χ4n) is 0.475. The summed E-state index contributed by atoms with van der Waals surface area (Å²) in [6.45, 7) is 0.638. The molecule has 0 amide bonds. The summed E-state index contributed by atoms with van der Waals surface area (Å²) in [5, 5.41) is 0. The number of ether oxygens (including phenoxy) is 1. The lowest BCUT2D eigenvalue weighted by molar-refractivity contribution is -0.137. The molecule has 0 spiro atoms. The van der Waals surface area contributed by atoms with E-state index in [1.807, 2.05) is 0 Å². The van der Waals surface area contributed by atoms with Crippen LogP contribution in [-0.2, 0) is 9.53 Å². The standard InChI is InChI=1S/C4H6O2.ClH/c5-4-2-1-3-6-4;/h1-3H2;1H. The maximum absolute atomic E-state index is 10.0. The van der Waals surface area contributed by atoms with Crippen molar-refractivity contribution in [3.63, 3.8) is 0 Å². The van der Waals surface area contributed by atoms with Crippen molar-refractivity contribution in [2.75, 3.05) is 6.61 Å². The van der Waals surface area contributed by atoms with Crippen LogP contribution in [0.3, 0.4) is 0 Å². The highest BCUT2D eigenvalue weighted by Crippen LogP contribution is 2.01. The van der Waals surface area contributed by atoms with Gasteiger partial charge < -0.3 is 4.74 Å². The van der Waals surface area contributed by atoms with Gasteiger partial charge in [-0.1, -0.05) is 0 Å². The molecule has 0 bridgehead atoms. The molecule has 1 fully saturated rings. The SMILES string of the molecule is Cl.O=C1CCCO1. The van der Waals surface area contributed by atoms with Gasteiger partial charge in [-0.25, -0.2) is 0 Å². The Labute approximate surface area is 48.3 Å². The van der Waals surface area contributed by atoms with E-state index in [-0.39, 0.29) is 18.4 Å². The average molecular weight is 123 g/mol. The van der Waals surface area contributed by atoms with E-state index in [0.717, 1.165) is 6.42 Å². The summed E-state index contributed by atoms with van der Waals surface area (Å²) in [4.78, 5) is 10.0. The first-order chi connectivity index (χ1) is 2.89. The predicted molar refractivity (Wildman–Crippen MR) is 27.4 cm³/mol. The summed E-state index contributed by atoms with van der Waals surface area (Å²) >= 11 is 0. The minimum atomic E-state index is -0.0463. The first-order valence-corrected chi connectivity index (χ1v) is 2.05. The fourth-order valence-corrected chi connectivity index (χ4v) is 0.475. The molecule has 1 aliphatic rings. The van der Waals surface area contributed by atoms with Crippen molar-refractivity contribution >= 4 is 18.4 Å². The molecule has 2 nitrogen and oxygen atoms in total. The zero-order valence-corrected chi connectivity index (χ0v) is 4.66. The normalized spacial score (nSPS) is 18.0. The van der Waals surface area contributed by atoms with Crippen LogP contribution < -0.4 is 0 Å². The molecule has 0 aromatic rings. The van der Waals surface area contributed by atoms with Crippen LogP contribution in [0.25, 0.3) is 0 Å². The van der Waals surface area contributed by atoms with Gasteiger partial charge in [-0.05, 0) is 6.42 Å². The third-order valence-corrected chi connectivity index (χ3v) is 0.788. The third kappa shape index (κ3) is 1.78. The molecule has 1 heterocycles. The quantitative estimate of drug-likeness (QED) is 0.443. The minimum absolute atomic E-state index is 0. The lowest BCUT2D eigenvalue weighted by Gasteiger charge is -1.81. The van der Waals surface area contributed by atoms with Crippen LogP contribution in [0.5, 0.6) is 0 Å². The summed E-state index contributed by atoms with van der Waals surface area (Å²) in [5.74, 6) is -0.0463. The number of carbonyl (C=O) groups excluding carboxylic acids is 1. The van der Waals surface area contributed by atoms with Gasteiger partial charge in [0.25, 0.3) is 0 Å². The van der Waals surface area contributed by atoms with Gasteiger partial charge in [0.05, 0.1) is 6.61 Å². The second-order valence-electron chi connectivity index (χ2n) is 1.32. The van der Waals surface area contributed by atoms with E-state index in [2.05, 4.69) is 4.74 Å². The van der Waals surface area contributed by atoms with E-state index < -0.39 is 0 Å². The van der Waals surface area contributed by atoms with Crippen molar-refractivity contribution in [3.05, 3.63) is 0 Å². The van der Waals surface area contributed by atoms with Gasteiger partial charge in [0.1, 0.15) is 0 Å². The topological polar surface area (TPSA) is 26.3 Å². The van der Waals surface area contributed by atoms with Crippen molar-refractivity contribution in [2.45, 2.75) is 12.8 Å². The summed E-state index contributed by atoms with van der Waals surface area (Å²) in [7, 11) is 0. The molecule has 0 aromatic heterocycles. The van der Waals surface area contributed by atoms with Crippen LogP contribution >= 0.6 is 12.4 Å². The molecule has 0 saturated carbocycles. The maximum atomic E-state index is 10.0. The molecule has 1 saturated heterocycles. The van der Waals surface area contributed by atoms with E-state index in [0.29, 0.717) is 13.0 Å². The molecular weight excluding hydrogens is 115 g/mol. The number of esters is 1. The lowest BCUT2D eigenvalue weighted by Crippen LogP contribution is -1.88. The van der Waals surface area contributed by atoms with Gasteiger partial charge in [0, 0.05) is 6.42 Å². The third-order valence-electron chi connectivity index (χ3n) is 0.788. The first-order valence-electron chi connectivity index (χ1n) is 2.05. The summed E-state index contributed by atoms with van der Waals surface area (Å²) in [6, 6.07) is 0. The Hall–Kier alpha value is -0.240. The van der Waals surface area contributed by atoms with Gasteiger partial charge in [0.2, 0.25) is 0 Å². The molecule has 7 heavy (non-hydrogen) atoms. The molecule has 42 valence electrons. The zero-order valence-electron chi connectivity index (χ0n) is 3.85. The highest BCUT2D eigenvalue weighted by Gasteiger charge is 2.08. The van der Waals surface area contributed by atoms with Gasteiger partial charge in [-0.3, -0.25) is 4.79 Å². The molecular formula is C4H7ClO2. The van der Waals surface area contributed by atoms with Crippen LogP contribution in [0, 0.1) is 0 Å². The molecule has 0 aromatic carbocycles. The van der Waals surface area contributed by atoms with Crippen LogP contribution in [0.1, 0.15) is 12.8 Å². The Morgan fingerprint density at radius 2 is 2.29 bits per heavy atom. The molecule has 0 N–H and O–H groups in total. The van der Waals surface area contributed by atoms with E-state index in [4.69, 9.17) is 0 Å². The molecule has 0 radical (unpaired) electrons. The smallest absolute Gasteiger partial charge is 0.305 e. The summed E-state index contributed by atoms with van der Waals surface area (Å²) in [5.41, 5.74) is 0. The second-order valence-corrected chi connectivity index (χ2v) is 1.32. The van der Waals surface area contributed by atoms with E-state index >= 15 is 0 Å². The molecule has 0 aliphatic carbocycles. The second kappa shape index (κ2) is 2.86. The van der Waals surface area contributed by atoms with Crippen LogP contribution in [-0.4, -0.2) is 12.6 Å². The minimum Gasteiger partial charge on any atom is -0.466 e. The molecule has 0 unspecified atom stereocenters. The highest BCUT2D eigenvalue weighted by molar-refractivity contribution is 5.85. The Bertz CT molecular complexity index is 64.1. The number of rotatable bonds is 0. The maximum Gasteiger partial charge on any atom is 0.305 e. The number of hydrogen-bond donors (Lipinski definition) is 0. The molecule has 3 heteroatoms. The van der Waals surface area contributed by atoms with Crippen molar-refractivity contribution in [1.82, 2.24) is 0 Å². The van der Waals surface area contributed by atoms with Crippen LogP contribution in [0.2, 0.25) is 0 Å². The van der Waals surface area contributed by atoms with E-state index in [1.165, 1.54) is 0 Å². The van der Waals surface area contributed by atoms with E-state index in [9.17, 15) is 4.79 Å². The van der Waals surface area contributed by atoms with Crippen LogP contribution in [0.4, 0.5) is 0 Å². The Balaban J connectivity index is 0.000000360. The van der Waals surface area contributed by atoms with Crippen LogP contribution in [0.15, 0.2) is 0 Å². The van der Waals surface area contributed by atoms with Crippen molar-refractivity contribution in [1.29, 1.82) is 0 Å². The number of cyclic esters (lactones) is 1. The largest absolute Gasteiger partial charge is 0.466 e. The monoisotopic (exact) mass is 122 g/mol. The van der Waals surface area contributed by atoms with Gasteiger partial charge >= 0.3 is 5.97 Å². The van der Waals surface area contributed by atoms with Gasteiger partial charge in [0.15, 0.2) is 0 Å². The zero-order chi connectivity index (χ0) is 4.41. The van der Waals surface area contributed by atoms with Gasteiger partial charge in [-0.2, -0.15) is 0 Å². The number of carbonyl (C=O) groups is 1. The number of halogens is 1. The summed E-state index contributed by atoms with van der Waals surface area (Å²) < 4.78 is 4.51. The lowest BCUT2D eigenvalue weighted by atomic mass is 10.4. The van der Waals surface area contributed by atoms with Crippen molar-refractivity contribution in [3.8, 4) is 0 Å². The number of hydrogen-bond acceptors (Lipinski definition) is 2. The summed E-state index contributed by atoms with van der Waals surface area (Å²) in [6.07, 6.45) is 1.54.